The van der Waals surface area contributed by atoms with Gasteiger partial charge in [0, 0.05) is 30.3 Å². The maximum absolute atomic E-state index is 13.1. The second kappa shape index (κ2) is 3.66. The molecule has 0 aliphatic carbocycles. The van der Waals surface area contributed by atoms with Crippen LogP contribution in [0.4, 0.5) is 4.39 Å². The molecule has 0 radical (unpaired) electrons. The highest BCUT2D eigenvalue weighted by Crippen LogP contribution is 2.25. The first-order chi connectivity index (χ1) is 7.15. The highest BCUT2D eigenvalue weighted by Gasteiger charge is 2.11. The number of aliphatic hydroxyl groups is 1. The molecular formula is C12H14FNO. The quantitative estimate of drug-likeness (QED) is 0.802. The standard InChI is InChI=1S/C12H14FNO/c1-8-10(5-6-15)11-7-9(13)3-4-12(11)14(8)2/h3-4,7,15H,5-6H2,1-2H3. The number of hydrogen-bond acceptors (Lipinski definition) is 1. The number of aromatic nitrogens is 1. The van der Waals surface area contributed by atoms with Crippen LogP contribution in [0.3, 0.4) is 0 Å². The molecule has 80 valence electrons. The molecule has 0 amide bonds. The normalized spacial score (nSPS) is 11.2. The molecule has 0 atom stereocenters. The summed E-state index contributed by atoms with van der Waals surface area (Å²) >= 11 is 0. The van der Waals surface area contributed by atoms with Gasteiger partial charge in [-0.1, -0.05) is 0 Å². The predicted octanol–water partition coefficient (Wildman–Crippen LogP) is 2.16. The smallest absolute Gasteiger partial charge is 0.123 e. The molecule has 2 rings (SSSR count). The van der Waals surface area contributed by atoms with Crippen molar-refractivity contribution in [2.24, 2.45) is 7.05 Å². The van der Waals surface area contributed by atoms with Crippen LogP contribution in [0.1, 0.15) is 11.3 Å². The van der Waals surface area contributed by atoms with E-state index >= 15 is 0 Å². The van der Waals surface area contributed by atoms with E-state index in [1.807, 2.05) is 18.5 Å². The number of hydrogen-bond donors (Lipinski definition) is 1. The molecule has 1 N–H and O–H groups in total. The van der Waals surface area contributed by atoms with Crippen molar-refractivity contribution in [3.8, 4) is 0 Å². The molecule has 0 saturated carbocycles. The van der Waals surface area contributed by atoms with Gasteiger partial charge < -0.3 is 9.67 Å². The topological polar surface area (TPSA) is 25.2 Å². The van der Waals surface area contributed by atoms with Crippen LogP contribution >= 0.6 is 0 Å². The summed E-state index contributed by atoms with van der Waals surface area (Å²) in [7, 11) is 1.95. The van der Waals surface area contributed by atoms with E-state index in [4.69, 9.17) is 5.11 Å². The molecule has 1 heterocycles. The predicted molar refractivity (Wildman–Crippen MR) is 58.4 cm³/mol. The van der Waals surface area contributed by atoms with Gasteiger partial charge in [-0.25, -0.2) is 4.39 Å². The summed E-state index contributed by atoms with van der Waals surface area (Å²) in [6.07, 6.45) is 0.576. The number of fused-ring (bicyclic) bond motifs is 1. The van der Waals surface area contributed by atoms with E-state index in [1.165, 1.54) is 12.1 Å². The van der Waals surface area contributed by atoms with Crippen LogP contribution in [-0.2, 0) is 13.5 Å². The van der Waals surface area contributed by atoms with E-state index in [9.17, 15) is 4.39 Å². The third kappa shape index (κ3) is 1.53. The minimum atomic E-state index is -0.229. The second-order valence-corrected chi connectivity index (χ2v) is 3.76. The van der Waals surface area contributed by atoms with Crippen LogP contribution in [-0.4, -0.2) is 16.3 Å². The molecule has 0 saturated heterocycles. The molecule has 3 heteroatoms. The average molecular weight is 207 g/mol. The van der Waals surface area contributed by atoms with Gasteiger partial charge in [0.05, 0.1) is 0 Å². The van der Waals surface area contributed by atoms with Crippen LogP contribution < -0.4 is 0 Å². The van der Waals surface area contributed by atoms with Gasteiger partial charge in [0.1, 0.15) is 5.82 Å². The Kier molecular flexibility index (Phi) is 2.49. The third-order valence-corrected chi connectivity index (χ3v) is 2.95. The molecule has 1 aromatic carbocycles. The van der Waals surface area contributed by atoms with Crippen molar-refractivity contribution in [2.45, 2.75) is 13.3 Å². The van der Waals surface area contributed by atoms with Crippen molar-refractivity contribution in [2.75, 3.05) is 6.61 Å². The van der Waals surface area contributed by atoms with Gasteiger partial charge >= 0.3 is 0 Å². The Hall–Kier alpha value is -1.35. The van der Waals surface area contributed by atoms with Gasteiger partial charge in [-0.15, -0.1) is 0 Å². The fourth-order valence-electron chi connectivity index (χ4n) is 2.05. The highest BCUT2D eigenvalue weighted by atomic mass is 19.1. The molecular weight excluding hydrogens is 193 g/mol. The zero-order valence-electron chi connectivity index (χ0n) is 8.92. The lowest BCUT2D eigenvalue weighted by molar-refractivity contribution is 0.299. The van der Waals surface area contributed by atoms with Gasteiger partial charge in [-0.3, -0.25) is 0 Å². The first-order valence-corrected chi connectivity index (χ1v) is 4.99. The first kappa shape index (κ1) is 10.2. The van der Waals surface area contributed by atoms with Crippen molar-refractivity contribution in [1.29, 1.82) is 0 Å². The van der Waals surface area contributed by atoms with Crippen molar-refractivity contribution in [3.05, 3.63) is 35.3 Å². The van der Waals surface area contributed by atoms with E-state index in [0.717, 1.165) is 22.2 Å². The van der Waals surface area contributed by atoms with Crippen LogP contribution in [0.5, 0.6) is 0 Å². The first-order valence-electron chi connectivity index (χ1n) is 4.99. The number of nitrogens with zero attached hydrogens (tertiary/aromatic N) is 1. The molecule has 0 spiro atoms. The van der Waals surface area contributed by atoms with E-state index in [2.05, 4.69) is 0 Å². The van der Waals surface area contributed by atoms with Gasteiger partial charge in [0.25, 0.3) is 0 Å². The van der Waals surface area contributed by atoms with Crippen molar-refractivity contribution in [3.63, 3.8) is 0 Å². The van der Waals surface area contributed by atoms with Crippen molar-refractivity contribution < 1.29 is 9.50 Å². The summed E-state index contributed by atoms with van der Waals surface area (Å²) in [6.45, 7) is 2.08. The average Bonchev–Trinajstić information content (AvgIpc) is 2.44. The Labute approximate surface area is 88.0 Å². The summed E-state index contributed by atoms with van der Waals surface area (Å²) in [5.41, 5.74) is 3.14. The summed E-state index contributed by atoms with van der Waals surface area (Å²) in [5.74, 6) is -0.229. The Balaban J connectivity index is 2.76. The Morgan fingerprint density at radius 1 is 1.40 bits per heavy atom. The number of rotatable bonds is 2. The Morgan fingerprint density at radius 2 is 2.13 bits per heavy atom. The van der Waals surface area contributed by atoms with Crippen molar-refractivity contribution in [1.82, 2.24) is 4.57 Å². The van der Waals surface area contributed by atoms with Crippen LogP contribution in [0.25, 0.3) is 10.9 Å². The van der Waals surface area contributed by atoms with Gasteiger partial charge in [-0.05, 0) is 37.1 Å². The Morgan fingerprint density at radius 3 is 2.80 bits per heavy atom. The monoisotopic (exact) mass is 207 g/mol. The fourth-order valence-corrected chi connectivity index (χ4v) is 2.05. The molecule has 1 aromatic heterocycles. The minimum Gasteiger partial charge on any atom is -0.396 e. The van der Waals surface area contributed by atoms with Crippen LogP contribution in [0.15, 0.2) is 18.2 Å². The van der Waals surface area contributed by atoms with Crippen molar-refractivity contribution >= 4 is 10.9 Å². The van der Waals surface area contributed by atoms with Gasteiger partial charge in [0.2, 0.25) is 0 Å². The van der Waals surface area contributed by atoms with Gasteiger partial charge in [-0.2, -0.15) is 0 Å². The zero-order valence-corrected chi connectivity index (χ0v) is 8.92. The number of benzene rings is 1. The molecule has 0 aliphatic heterocycles. The fraction of sp³-hybridized carbons (Fsp3) is 0.333. The minimum absolute atomic E-state index is 0.0937. The SMILES string of the molecule is Cc1c(CCO)c2cc(F)ccc2n1C. The second-order valence-electron chi connectivity index (χ2n) is 3.76. The summed E-state index contributed by atoms with van der Waals surface area (Å²) in [4.78, 5) is 0. The largest absolute Gasteiger partial charge is 0.396 e. The molecule has 2 aromatic rings. The molecule has 2 nitrogen and oxygen atoms in total. The zero-order chi connectivity index (χ0) is 11.0. The molecule has 0 fully saturated rings. The third-order valence-electron chi connectivity index (χ3n) is 2.95. The van der Waals surface area contributed by atoms with Gasteiger partial charge in [0.15, 0.2) is 0 Å². The van der Waals surface area contributed by atoms with Crippen LogP contribution in [0.2, 0.25) is 0 Å². The molecule has 0 aliphatic rings. The summed E-state index contributed by atoms with van der Waals surface area (Å²) < 4.78 is 15.2. The number of aryl methyl sites for hydroxylation is 1. The molecule has 15 heavy (non-hydrogen) atoms. The number of halogens is 1. The lowest BCUT2D eigenvalue weighted by Gasteiger charge is -1.99. The van der Waals surface area contributed by atoms with E-state index in [1.54, 1.807) is 6.07 Å². The molecule has 0 unspecified atom stereocenters. The lowest BCUT2D eigenvalue weighted by Crippen LogP contribution is -1.95. The van der Waals surface area contributed by atoms with E-state index in [-0.39, 0.29) is 12.4 Å². The lowest BCUT2D eigenvalue weighted by atomic mass is 10.1. The highest BCUT2D eigenvalue weighted by molar-refractivity contribution is 5.85. The summed E-state index contributed by atoms with van der Waals surface area (Å²) in [6, 6.07) is 4.77. The maximum Gasteiger partial charge on any atom is 0.123 e. The number of aliphatic hydroxyl groups excluding tert-OH is 1. The van der Waals surface area contributed by atoms with E-state index < -0.39 is 0 Å². The summed E-state index contributed by atoms with van der Waals surface area (Å²) in [5, 5.41) is 9.89. The van der Waals surface area contributed by atoms with E-state index in [0.29, 0.717) is 6.42 Å². The maximum atomic E-state index is 13.1. The van der Waals surface area contributed by atoms with Crippen LogP contribution in [0, 0.1) is 12.7 Å². The molecule has 0 bridgehead atoms. The Bertz CT molecular complexity index is 502.